The van der Waals surface area contributed by atoms with Crippen LogP contribution in [0.15, 0.2) is 47.4 Å². The lowest BCUT2D eigenvalue weighted by Gasteiger charge is -2.23. The summed E-state index contributed by atoms with van der Waals surface area (Å²) < 4.78 is 40.7. The number of amides is 1. The Morgan fingerprint density at radius 3 is 2.59 bits per heavy atom. The molecule has 6 nitrogen and oxygen atoms in total. The lowest BCUT2D eigenvalue weighted by atomic mass is 10.1. The number of nitrogens with two attached hydrogens (primary N) is 1. The summed E-state index contributed by atoms with van der Waals surface area (Å²) in [6.45, 7) is 2.61. The van der Waals surface area contributed by atoms with Crippen LogP contribution in [0.25, 0.3) is 0 Å². The quantitative estimate of drug-likeness (QED) is 0.819. The second-order valence-electron chi connectivity index (χ2n) is 6.62. The van der Waals surface area contributed by atoms with Gasteiger partial charge in [-0.3, -0.25) is 9.52 Å². The molecule has 0 aliphatic carbocycles. The molecule has 8 heteroatoms. The second kappa shape index (κ2) is 7.66. The van der Waals surface area contributed by atoms with Crippen LogP contribution in [0.3, 0.4) is 0 Å². The molecule has 0 bridgehead atoms. The van der Waals surface area contributed by atoms with Crippen molar-refractivity contribution in [2.75, 3.05) is 17.8 Å². The summed E-state index contributed by atoms with van der Waals surface area (Å²) in [4.78, 5) is 14.3. The van der Waals surface area contributed by atoms with Crippen molar-refractivity contribution in [3.05, 3.63) is 59.4 Å². The van der Waals surface area contributed by atoms with Crippen LogP contribution in [0.4, 0.5) is 10.1 Å². The van der Waals surface area contributed by atoms with Crippen LogP contribution in [-0.4, -0.2) is 38.4 Å². The molecule has 0 aromatic heterocycles. The molecule has 1 unspecified atom stereocenters. The molecule has 1 saturated heterocycles. The zero-order valence-corrected chi connectivity index (χ0v) is 15.8. The molecule has 1 amide bonds. The van der Waals surface area contributed by atoms with Gasteiger partial charge in [0.25, 0.3) is 15.9 Å². The van der Waals surface area contributed by atoms with E-state index in [1.54, 1.807) is 17.0 Å². The standard InChI is InChI=1S/C19H22FN3O3S/c1-13-11-17(8-9-18(13)20)27(25,26)22-15-6-4-14(5-7-15)19(24)23-10-2-3-16(23)12-21/h4-9,11,16,22H,2-3,10,12,21H2,1H3. The summed E-state index contributed by atoms with van der Waals surface area (Å²) in [6.07, 6.45) is 1.83. The Morgan fingerprint density at radius 1 is 1.26 bits per heavy atom. The van der Waals surface area contributed by atoms with Gasteiger partial charge in [0.2, 0.25) is 0 Å². The molecular formula is C19H22FN3O3S. The number of carbonyl (C=O) groups is 1. The fourth-order valence-corrected chi connectivity index (χ4v) is 4.34. The normalized spacial score (nSPS) is 17.1. The van der Waals surface area contributed by atoms with Gasteiger partial charge >= 0.3 is 0 Å². The van der Waals surface area contributed by atoms with E-state index < -0.39 is 15.8 Å². The van der Waals surface area contributed by atoms with Crippen LogP contribution in [0.5, 0.6) is 0 Å². The molecule has 0 saturated carbocycles. The first-order valence-corrected chi connectivity index (χ1v) is 10.2. The fraction of sp³-hybridized carbons (Fsp3) is 0.316. The van der Waals surface area contributed by atoms with Crippen LogP contribution >= 0.6 is 0 Å². The van der Waals surface area contributed by atoms with E-state index in [-0.39, 0.29) is 22.4 Å². The van der Waals surface area contributed by atoms with E-state index in [1.807, 2.05) is 0 Å². The SMILES string of the molecule is Cc1cc(S(=O)(=O)Nc2ccc(C(=O)N3CCCC3CN)cc2)ccc1F. The van der Waals surface area contributed by atoms with Gasteiger partial charge in [0, 0.05) is 30.4 Å². The maximum atomic E-state index is 13.4. The van der Waals surface area contributed by atoms with Crippen LogP contribution < -0.4 is 10.5 Å². The Labute approximate surface area is 158 Å². The van der Waals surface area contributed by atoms with Crippen LogP contribution in [0, 0.1) is 12.7 Å². The summed E-state index contributed by atoms with van der Waals surface area (Å²) in [5.74, 6) is -0.568. The number of hydrogen-bond acceptors (Lipinski definition) is 4. The molecule has 0 radical (unpaired) electrons. The van der Waals surface area contributed by atoms with Crippen molar-refractivity contribution in [2.45, 2.75) is 30.7 Å². The van der Waals surface area contributed by atoms with Gasteiger partial charge in [0.15, 0.2) is 0 Å². The van der Waals surface area contributed by atoms with Crippen molar-refractivity contribution in [3.63, 3.8) is 0 Å². The van der Waals surface area contributed by atoms with Gasteiger partial charge in [-0.15, -0.1) is 0 Å². The van der Waals surface area contributed by atoms with Crippen molar-refractivity contribution in [1.82, 2.24) is 4.90 Å². The van der Waals surface area contributed by atoms with Crippen molar-refractivity contribution < 1.29 is 17.6 Å². The summed E-state index contributed by atoms with van der Waals surface area (Å²) in [6, 6.07) is 9.90. The average Bonchev–Trinajstić information content (AvgIpc) is 3.12. The number of nitrogens with zero attached hydrogens (tertiary/aromatic N) is 1. The molecule has 2 aromatic rings. The van der Waals surface area contributed by atoms with Crippen molar-refractivity contribution in [3.8, 4) is 0 Å². The van der Waals surface area contributed by atoms with E-state index in [9.17, 15) is 17.6 Å². The predicted octanol–water partition coefficient (Wildman–Crippen LogP) is 2.50. The maximum absolute atomic E-state index is 13.4. The fourth-order valence-electron chi connectivity index (χ4n) is 3.19. The smallest absolute Gasteiger partial charge is 0.261 e. The van der Waals surface area contributed by atoms with Gasteiger partial charge in [-0.05, 0) is 67.8 Å². The van der Waals surface area contributed by atoms with Gasteiger partial charge < -0.3 is 10.6 Å². The van der Waals surface area contributed by atoms with E-state index in [2.05, 4.69) is 4.72 Å². The van der Waals surface area contributed by atoms with Crippen molar-refractivity contribution in [2.24, 2.45) is 5.73 Å². The van der Waals surface area contributed by atoms with E-state index in [1.165, 1.54) is 31.2 Å². The highest BCUT2D eigenvalue weighted by molar-refractivity contribution is 7.92. The van der Waals surface area contributed by atoms with E-state index >= 15 is 0 Å². The number of benzene rings is 2. The Kier molecular flexibility index (Phi) is 5.48. The molecule has 3 rings (SSSR count). The monoisotopic (exact) mass is 391 g/mol. The van der Waals surface area contributed by atoms with Gasteiger partial charge in [0.1, 0.15) is 5.82 Å². The molecule has 1 fully saturated rings. The molecule has 0 spiro atoms. The molecule has 1 aliphatic heterocycles. The highest BCUT2D eigenvalue weighted by Crippen LogP contribution is 2.22. The number of hydrogen-bond donors (Lipinski definition) is 2. The van der Waals surface area contributed by atoms with E-state index in [0.717, 1.165) is 18.9 Å². The number of anilines is 1. The molecule has 27 heavy (non-hydrogen) atoms. The molecule has 144 valence electrons. The summed E-state index contributed by atoms with van der Waals surface area (Å²) in [7, 11) is -3.84. The molecule has 1 heterocycles. The third kappa shape index (κ3) is 4.12. The predicted molar refractivity (Wildman–Crippen MR) is 102 cm³/mol. The summed E-state index contributed by atoms with van der Waals surface area (Å²) in [5.41, 5.74) is 6.77. The minimum Gasteiger partial charge on any atom is -0.334 e. The Balaban J connectivity index is 1.75. The maximum Gasteiger partial charge on any atom is 0.261 e. The highest BCUT2D eigenvalue weighted by atomic mass is 32.2. The van der Waals surface area contributed by atoms with Crippen LogP contribution in [0.2, 0.25) is 0 Å². The molecule has 2 aromatic carbocycles. The Morgan fingerprint density at radius 2 is 1.96 bits per heavy atom. The third-order valence-corrected chi connectivity index (χ3v) is 6.11. The average molecular weight is 391 g/mol. The molecule has 1 aliphatic rings. The summed E-state index contributed by atoms with van der Waals surface area (Å²) >= 11 is 0. The van der Waals surface area contributed by atoms with Crippen LogP contribution in [0.1, 0.15) is 28.8 Å². The molecular weight excluding hydrogens is 369 g/mol. The second-order valence-corrected chi connectivity index (χ2v) is 8.31. The van der Waals surface area contributed by atoms with Crippen molar-refractivity contribution >= 4 is 21.6 Å². The zero-order valence-electron chi connectivity index (χ0n) is 15.0. The number of aryl methyl sites for hydroxylation is 1. The lowest BCUT2D eigenvalue weighted by molar-refractivity contribution is 0.0741. The highest BCUT2D eigenvalue weighted by Gasteiger charge is 2.28. The van der Waals surface area contributed by atoms with E-state index in [0.29, 0.717) is 24.3 Å². The van der Waals surface area contributed by atoms with Crippen molar-refractivity contribution in [1.29, 1.82) is 0 Å². The number of halogens is 1. The number of nitrogens with one attached hydrogen (secondary N) is 1. The van der Waals surface area contributed by atoms with Gasteiger partial charge in [-0.25, -0.2) is 12.8 Å². The number of rotatable bonds is 5. The Hall–Kier alpha value is -2.45. The summed E-state index contributed by atoms with van der Waals surface area (Å²) in [5, 5.41) is 0. The van der Waals surface area contributed by atoms with Crippen LogP contribution in [-0.2, 0) is 10.0 Å². The van der Waals surface area contributed by atoms with Gasteiger partial charge in [0.05, 0.1) is 4.90 Å². The topological polar surface area (TPSA) is 92.5 Å². The number of sulfonamides is 1. The largest absolute Gasteiger partial charge is 0.334 e. The number of carbonyl (C=O) groups excluding carboxylic acids is 1. The first-order chi connectivity index (χ1) is 12.8. The molecule has 1 atom stereocenters. The Bertz CT molecular complexity index is 945. The number of likely N-dealkylation sites (tertiary alicyclic amines) is 1. The first-order valence-electron chi connectivity index (χ1n) is 8.72. The minimum atomic E-state index is -3.84. The lowest BCUT2D eigenvalue weighted by Crippen LogP contribution is -2.39. The molecule has 3 N–H and O–H groups in total. The van der Waals surface area contributed by atoms with Gasteiger partial charge in [-0.2, -0.15) is 0 Å². The van der Waals surface area contributed by atoms with E-state index in [4.69, 9.17) is 5.73 Å². The third-order valence-electron chi connectivity index (χ3n) is 4.73. The zero-order chi connectivity index (χ0) is 19.6. The minimum absolute atomic E-state index is 0.0237. The first kappa shape index (κ1) is 19.3. The van der Waals surface area contributed by atoms with Gasteiger partial charge in [-0.1, -0.05) is 0 Å².